The zero-order valence-electron chi connectivity index (χ0n) is 10.3. The summed E-state index contributed by atoms with van der Waals surface area (Å²) in [5, 5.41) is 0.365. The van der Waals surface area contributed by atoms with Crippen molar-refractivity contribution in [3.05, 3.63) is 55.0 Å². The van der Waals surface area contributed by atoms with Gasteiger partial charge in [-0.3, -0.25) is 4.72 Å². The van der Waals surface area contributed by atoms with Crippen LogP contribution >= 0.6 is 50.1 Å². The summed E-state index contributed by atoms with van der Waals surface area (Å²) in [7, 11) is -3.68. The van der Waals surface area contributed by atoms with E-state index in [-0.39, 0.29) is 4.90 Å². The largest absolute Gasteiger partial charge is 0.278 e. The Balaban J connectivity index is 2.41. The van der Waals surface area contributed by atoms with Crippen molar-refractivity contribution in [2.75, 3.05) is 4.72 Å². The highest BCUT2D eigenvalue weighted by Crippen LogP contribution is 2.29. The van der Waals surface area contributed by atoms with Crippen LogP contribution in [0.3, 0.4) is 0 Å². The standard InChI is InChI=1S/C13H10BrClINO2S/c1-8-2-5-13(10(14)6-8)20(18,19)17-12-4-3-9(16)7-11(12)15/h2-7,17H,1H3. The molecule has 1 N–H and O–H groups in total. The van der Waals surface area contributed by atoms with E-state index in [9.17, 15) is 8.42 Å². The maximum absolute atomic E-state index is 12.4. The van der Waals surface area contributed by atoms with Crippen LogP contribution in [0.15, 0.2) is 45.8 Å². The van der Waals surface area contributed by atoms with Crippen LogP contribution in [0.2, 0.25) is 5.02 Å². The number of hydrogen-bond donors (Lipinski definition) is 1. The molecule has 0 amide bonds. The van der Waals surface area contributed by atoms with E-state index in [0.29, 0.717) is 15.2 Å². The molecule has 0 heterocycles. The number of aryl methyl sites for hydroxylation is 1. The summed E-state index contributed by atoms with van der Waals surface area (Å²) in [5.41, 5.74) is 1.34. The van der Waals surface area contributed by atoms with Gasteiger partial charge in [-0.15, -0.1) is 0 Å². The van der Waals surface area contributed by atoms with Gasteiger partial charge in [-0.05, 0) is 81.3 Å². The molecule has 0 aliphatic heterocycles. The summed E-state index contributed by atoms with van der Waals surface area (Å²) in [5.74, 6) is 0. The lowest BCUT2D eigenvalue weighted by Gasteiger charge is -2.11. The molecular formula is C13H10BrClINO2S. The molecule has 2 aromatic rings. The predicted octanol–water partition coefficient (Wildman–Crippen LogP) is 4.82. The van der Waals surface area contributed by atoms with Gasteiger partial charge in [0.25, 0.3) is 10.0 Å². The molecule has 106 valence electrons. The van der Waals surface area contributed by atoms with E-state index >= 15 is 0 Å². The van der Waals surface area contributed by atoms with Gasteiger partial charge in [0, 0.05) is 8.04 Å². The SMILES string of the molecule is Cc1ccc(S(=O)(=O)Nc2ccc(I)cc2Cl)c(Br)c1. The van der Waals surface area contributed by atoms with Crippen molar-refractivity contribution in [2.45, 2.75) is 11.8 Å². The van der Waals surface area contributed by atoms with E-state index in [1.807, 2.05) is 6.92 Å². The van der Waals surface area contributed by atoms with Crippen molar-refractivity contribution in [1.82, 2.24) is 0 Å². The predicted molar refractivity (Wildman–Crippen MR) is 93.9 cm³/mol. The van der Waals surface area contributed by atoms with E-state index < -0.39 is 10.0 Å². The van der Waals surface area contributed by atoms with Crippen LogP contribution < -0.4 is 4.72 Å². The van der Waals surface area contributed by atoms with E-state index in [2.05, 4.69) is 43.2 Å². The topological polar surface area (TPSA) is 46.2 Å². The zero-order valence-corrected chi connectivity index (χ0v) is 15.6. The monoisotopic (exact) mass is 485 g/mol. The molecule has 0 fully saturated rings. The van der Waals surface area contributed by atoms with Gasteiger partial charge in [-0.1, -0.05) is 17.7 Å². The van der Waals surface area contributed by atoms with Crippen molar-refractivity contribution in [1.29, 1.82) is 0 Å². The Morgan fingerprint density at radius 3 is 2.50 bits per heavy atom. The van der Waals surface area contributed by atoms with Gasteiger partial charge in [0.1, 0.15) is 4.90 Å². The first-order valence-corrected chi connectivity index (χ1v) is 9.27. The number of rotatable bonds is 3. The van der Waals surface area contributed by atoms with Crippen LogP contribution in [-0.4, -0.2) is 8.42 Å². The molecule has 0 aliphatic rings. The second-order valence-corrected chi connectivity index (χ2v) is 8.32. The summed E-state index contributed by atoms with van der Waals surface area (Å²) in [6.07, 6.45) is 0. The van der Waals surface area contributed by atoms with Crippen molar-refractivity contribution in [2.24, 2.45) is 0 Å². The van der Waals surface area contributed by atoms with Gasteiger partial charge in [0.15, 0.2) is 0 Å². The molecule has 0 radical (unpaired) electrons. The third kappa shape index (κ3) is 3.66. The Hall–Kier alpha value is -0.310. The van der Waals surface area contributed by atoms with Gasteiger partial charge in [-0.25, -0.2) is 8.42 Å². The molecule has 3 nitrogen and oxygen atoms in total. The minimum absolute atomic E-state index is 0.178. The molecule has 7 heteroatoms. The molecule has 0 saturated carbocycles. The molecule has 2 aromatic carbocycles. The summed E-state index contributed by atoms with van der Waals surface area (Å²) in [4.78, 5) is 0.178. The second-order valence-electron chi connectivity index (χ2n) is 4.16. The number of halogens is 3. The number of benzene rings is 2. The Bertz CT molecular complexity index is 765. The molecule has 20 heavy (non-hydrogen) atoms. The number of sulfonamides is 1. The molecule has 0 bridgehead atoms. The summed E-state index contributed by atoms with van der Waals surface area (Å²) in [6.45, 7) is 1.89. The lowest BCUT2D eigenvalue weighted by Crippen LogP contribution is -2.14. The van der Waals surface area contributed by atoms with Gasteiger partial charge < -0.3 is 0 Å². The van der Waals surface area contributed by atoms with Crippen LogP contribution in [0.25, 0.3) is 0 Å². The molecule has 0 aliphatic carbocycles. The third-order valence-electron chi connectivity index (χ3n) is 2.55. The quantitative estimate of drug-likeness (QED) is 0.633. The average molecular weight is 487 g/mol. The highest BCUT2D eigenvalue weighted by atomic mass is 127. The van der Waals surface area contributed by atoms with E-state index in [4.69, 9.17) is 11.6 Å². The highest BCUT2D eigenvalue weighted by molar-refractivity contribution is 14.1. The molecular weight excluding hydrogens is 476 g/mol. The summed E-state index contributed by atoms with van der Waals surface area (Å²) < 4.78 is 28.7. The van der Waals surface area contributed by atoms with Crippen LogP contribution in [0.1, 0.15) is 5.56 Å². The number of hydrogen-bond acceptors (Lipinski definition) is 2. The molecule has 0 spiro atoms. The second kappa shape index (κ2) is 6.21. The van der Waals surface area contributed by atoms with Gasteiger partial charge in [0.05, 0.1) is 10.7 Å². The molecule has 0 atom stereocenters. The fourth-order valence-corrected chi connectivity index (χ4v) is 4.83. The lowest BCUT2D eigenvalue weighted by molar-refractivity contribution is 0.600. The van der Waals surface area contributed by atoms with Crippen LogP contribution in [-0.2, 0) is 10.0 Å². The van der Waals surface area contributed by atoms with Crippen LogP contribution in [0.5, 0.6) is 0 Å². The fourth-order valence-electron chi connectivity index (χ4n) is 1.60. The van der Waals surface area contributed by atoms with Crippen molar-refractivity contribution < 1.29 is 8.42 Å². The minimum atomic E-state index is -3.68. The Morgan fingerprint density at radius 1 is 1.20 bits per heavy atom. The van der Waals surface area contributed by atoms with Gasteiger partial charge >= 0.3 is 0 Å². The van der Waals surface area contributed by atoms with Crippen molar-refractivity contribution in [3.63, 3.8) is 0 Å². The minimum Gasteiger partial charge on any atom is -0.278 e. The third-order valence-corrected chi connectivity index (χ3v) is 5.88. The Morgan fingerprint density at radius 2 is 1.90 bits per heavy atom. The average Bonchev–Trinajstić information content (AvgIpc) is 2.32. The fraction of sp³-hybridized carbons (Fsp3) is 0.0769. The number of nitrogens with one attached hydrogen (secondary N) is 1. The summed E-state index contributed by atoms with van der Waals surface area (Å²) >= 11 is 11.4. The van der Waals surface area contributed by atoms with Gasteiger partial charge in [-0.2, -0.15) is 0 Å². The Labute approximate surface area is 145 Å². The van der Waals surface area contributed by atoms with Crippen molar-refractivity contribution >= 4 is 65.8 Å². The lowest BCUT2D eigenvalue weighted by atomic mass is 10.2. The first-order valence-electron chi connectivity index (χ1n) is 5.53. The zero-order chi connectivity index (χ0) is 14.9. The van der Waals surface area contributed by atoms with Crippen molar-refractivity contribution in [3.8, 4) is 0 Å². The molecule has 0 saturated heterocycles. The van der Waals surface area contributed by atoms with E-state index in [0.717, 1.165) is 9.13 Å². The first-order chi connectivity index (χ1) is 9.29. The van der Waals surface area contributed by atoms with Crippen LogP contribution in [0.4, 0.5) is 5.69 Å². The molecule has 0 unspecified atom stereocenters. The maximum Gasteiger partial charge on any atom is 0.263 e. The number of anilines is 1. The molecule has 0 aromatic heterocycles. The Kier molecular flexibility index (Phi) is 4.99. The molecule has 2 rings (SSSR count). The highest BCUT2D eigenvalue weighted by Gasteiger charge is 2.18. The normalized spacial score (nSPS) is 11.4. The summed E-state index contributed by atoms with van der Waals surface area (Å²) in [6, 6.07) is 10.2. The first kappa shape index (κ1) is 16.1. The smallest absolute Gasteiger partial charge is 0.263 e. The maximum atomic E-state index is 12.4. The van der Waals surface area contributed by atoms with Crippen LogP contribution in [0, 0.1) is 10.5 Å². The van der Waals surface area contributed by atoms with E-state index in [1.165, 1.54) is 0 Å². The van der Waals surface area contributed by atoms with Gasteiger partial charge in [0.2, 0.25) is 0 Å². The van der Waals surface area contributed by atoms with E-state index in [1.54, 1.807) is 36.4 Å².